The quantitative estimate of drug-likeness (QED) is 0.835. The molecule has 0 aromatic heterocycles. The summed E-state index contributed by atoms with van der Waals surface area (Å²) in [6, 6.07) is 5.71. The van der Waals surface area contributed by atoms with Gasteiger partial charge in [0.1, 0.15) is 6.10 Å². The van der Waals surface area contributed by atoms with E-state index in [9.17, 15) is 8.42 Å². The van der Waals surface area contributed by atoms with Crippen molar-refractivity contribution in [3.63, 3.8) is 0 Å². The molecule has 1 fully saturated rings. The highest BCUT2D eigenvalue weighted by molar-refractivity contribution is 7.92. The second-order valence-electron chi connectivity index (χ2n) is 4.69. The molecule has 0 spiro atoms. The lowest BCUT2D eigenvalue weighted by atomic mass is 10.1. The van der Waals surface area contributed by atoms with Gasteiger partial charge in [-0.3, -0.25) is 0 Å². The van der Waals surface area contributed by atoms with Crippen molar-refractivity contribution in [3.05, 3.63) is 23.8 Å². The summed E-state index contributed by atoms with van der Waals surface area (Å²) in [5.41, 5.74) is 6.60. The highest BCUT2D eigenvalue weighted by Crippen LogP contribution is 2.31. The van der Waals surface area contributed by atoms with Gasteiger partial charge in [-0.05, 0) is 37.1 Å². The highest BCUT2D eigenvalue weighted by Gasteiger charge is 2.35. The molecule has 1 aromatic rings. The van der Waals surface area contributed by atoms with Gasteiger partial charge in [0.25, 0.3) is 0 Å². The first-order chi connectivity index (χ1) is 9.04. The van der Waals surface area contributed by atoms with Crippen LogP contribution in [0.5, 0.6) is 11.5 Å². The van der Waals surface area contributed by atoms with E-state index in [0.29, 0.717) is 18.0 Å². The van der Waals surface area contributed by atoms with E-state index in [1.807, 2.05) is 18.2 Å². The van der Waals surface area contributed by atoms with Crippen LogP contribution in [0.2, 0.25) is 0 Å². The molecule has 1 aromatic carbocycles. The van der Waals surface area contributed by atoms with Crippen LogP contribution in [-0.4, -0.2) is 39.7 Å². The van der Waals surface area contributed by atoms with Crippen LogP contribution in [0.15, 0.2) is 18.2 Å². The third-order valence-corrected chi connectivity index (χ3v) is 4.83. The first kappa shape index (κ1) is 14.1. The average Bonchev–Trinajstić information content (AvgIpc) is 2.34. The van der Waals surface area contributed by atoms with E-state index in [0.717, 1.165) is 18.4 Å². The number of aryl methyl sites for hydroxylation is 1. The number of hydrogen-bond acceptors (Lipinski definition) is 5. The molecule has 1 aliphatic rings. The standard InChI is InChI=1S/C13H19NO4S/c1-17-12-5-4-10(3-2-6-14)7-13(12)18-11-8-19(15,16)9-11/h4-5,7,11H,2-3,6,8-9,14H2,1H3. The summed E-state index contributed by atoms with van der Waals surface area (Å²) in [5.74, 6) is 1.41. The molecular formula is C13H19NO4S. The molecule has 0 aliphatic carbocycles. The smallest absolute Gasteiger partial charge is 0.161 e. The molecule has 19 heavy (non-hydrogen) atoms. The van der Waals surface area contributed by atoms with E-state index in [2.05, 4.69) is 0 Å². The summed E-state index contributed by atoms with van der Waals surface area (Å²) >= 11 is 0. The second kappa shape index (κ2) is 5.79. The molecule has 0 radical (unpaired) electrons. The van der Waals surface area contributed by atoms with Crippen molar-refractivity contribution >= 4 is 9.84 Å². The predicted octanol–water partition coefficient (Wildman–Crippen LogP) is 0.762. The molecule has 2 N–H and O–H groups in total. The normalized spacial score (nSPS) is 17.8. The Bertz CT molecular complexity index is 530. The van der Waals surface area contributed by atoms with E-state index >= 15 is 0 Å². The van der Waals surface area contributed by atoms with E-state index < -0.39 is 9.84 Å². The van der Waals surface area contributed by atoms with Crippen molar-refractivity contribution in [2.45, 2.75) is 18.9 Å². The largest absolute Gasteiger partial charge is 0.493 e. The van der Waals surface area contributed by atoms with E-state index in [1.54, 1.807) is 7.11 Å². The molecule has 6 heteroatoms. The van der Waals surface area contributed by atoms with E-state index in [-0.39, 0.29) is 17.6 Å². The minimum absolute atomic E-state index is 0.0865. The predicted molar refractivity (Wildman–Crippen MR) is 73.4 cm³/mol. The summed E-state index contributed by atoms with van der Waals surface area (Å²) < 4.78 is 33.2. The van der Waals surface area contributed by atoms with Crippen LogP contribution >= 0.6 is 0 Å². The second-order valence-corrected chi connectivity index (χ2v) is 6.85. The zero-order valence-electron chi connectivity index (χ0n) is 11.0. The van der Waals surface area contributed by atoms with E-state index in [1.165, 1.54) is 0 Å². The topological polar surface area (TPSA) is 78.6 Å². The molecule has 1 aliphatic heterocycles. The summed E-state index contributed by atoms with van der Waals surface area (Å²) in [7, 11) is -1.31. The van der Waals surface area contributed by atoms with Crippen molar-refractivity contribution < 1.29 is 17.9 Å². The first-order valence-corrected chi connectivity index (χ1v) is 8.10. The third-order valence-electron chi connectivity index (χ3n) is 3.07. The Morgan fingerprint density at radius 1 is 1.32 bits per heavy atom. The number of benzene rings is 1. The van der Waals surface area contributed by atoms with E-state index in [4.69, 9.17) is 15.2 Å². The van der Waals surface area contributed by atoms with Gasteiger partial charge in [0.05, 0.1) is 18.6 Å². The van der Waals surface area contributed by atoms with Crippen LogP contribution < -0.4 is 15.2 Å². The number of ether oxygens (including phenoxy) is 2. The van der Waals surface area contributed by atoms with Crippen LogP contribution in [0.3, 0.4) is 0 Å². The zero-order chi connectivity index (χ0) is 13.9. The maximum atomic E-state index is 11.1. The molecule has 1 saturated heterocycles. The molecule has 0 saturated carbocycles. The molecule has 0 amide bonds. The maximum absolute atomic E-state index is 11.1. The summed E-state index contributed by atoms with van der Waals surface area (Å²) in [6.45, 7) is 0.642. The van der Waals surface area contributed by atoms with Crippen molar-refractivity contribution in [2.24, 2.45) is 5.73 Å². The van der Waals surface area contributed by atoms with Crippen LogP contribution in [-0.2, 0) is 16.3 Å². The Balaban J connectivity index is 2.08. The van der Waals surface area contributed by atoms with Gasteiger partial charge >= 0.3 is 0 Å². The Morgan fingerprint density at radius 2 is 2.05 bits per heavy atom. The zero-order valence-corrected chi connectivity index (χ0v) is 11.8. The summed E-state index contributed by atoms with van der Waals surface area (Å²) in [5, 5.41) is 0. The van der Waals surface area contributed by atoms with Crippen molar-refractivity contribution in [1.82, 2.24) is 0 Å². The monoisotopic (exact) mass is 285 g/mol. The molecule has 106 valence electrons. The van der Waals surface area contributed by atoms with Gasteiger partial charge in [-0.1, -0.05) is 6.07 Å². The highest BCUT2D eigenvalue weighted by atomic mass is 32.2. The Kier molecular flexibility index (Phi) is 4.31. The minimum atomic E-state index is -2.88. The van der Waals surface area contributed by atoms with Crippen molar-refractivity contribution in [3.8, 4) is 11.5 Å². The number of nitrogens with two attached hydrogens (primary N) is 1. The van der Waals surface area contributed by atoms with Gasteiger partial charge in [-0.15, -0.1) is 0 Å². The fourth-order valence-electron chi connectivity index (χ4n) is 2.04. The number of rotatable bonds is 6. The SMILES string of the molecule is COc1ccc(CCCN)cc1OC1CS(=O)(=O)C1. The molecular weight excluding hydrogens is 266 g/mol. The Labute approximate surface area is 113 Å². The third kappa shape index (κ3) is 3.61. The fourth-order valence-corrected chi connectivity index (χ4v) is 3.21. The van der Waals surface area contributed by atoms with Gasteiger partial charge in [-0.25, -0.2) is 8.42 Å². The van der Waals surface area contributed by atoms with Gasteiger partial charge in [-0.2, -0.15) is 0 Å². The van der Waals surface area contributed by atoms with Crippen molar-refractivity contribution in [1.29, 1.82) is 0 Å². The lowest BCUT2D eigenvalue weighted by molar-refractivity contribution is 0.219. The van der Waals surface area contributed by atoms with Crippen LogP contribution in [0, 0.1) is 0 Å². The minimum Gasteiger partial charge on any atom is -0.493 e. The molecule has 0 unspecified atom stereocenters. The molecule has 0 atom stereocenters. The summed E-state index contributed by atoms with van der Waals surface area (Å²) in [4.78, 5) is 0. The van der Waals surface area contributed by atoms with Gasteiger partial charge in [0.15, 0.2) is 21.3 Å². The number of sulfone groups is 1. The van der Waals surface area contributed by atoms with Crippen molar-refractivity contribution in [2.75, 3.05) is 25.2 Å². The number of methoxy groups -OCH3 is 1. The first-order valence-electron chi connectivity index (χ1n) is 6.28. The number of hydrogen-bond donors (Lipinski definition) is 1. The average molecular weight is 285 g/mol. The molecule has 0 bridgehead atoms. The lowest BCUT2D eigenvalue weighted by Crippen LogP contribution is -2.45. The van der Waals surface area contributed by atoms with Crippen LogP contribution in [0.1, 0.15) is 12.0 Å². The van der Waals surface area contributed by atoms with Crippen LogP contribution in [0.4, 0.5) is 0 Å². The Hall–Kier alpha value is -1.27. The summed E-state index contributed by atoms with van der Waals surface area (Å²) in [6.07, 6.45) is 1.52. The molecule has 1 heterocycles. The maximum Gasteiger partial charge on any atom is 0.161 e. The van der Waals surface area contributed by atoms with Gasteiger partial charge in [0, 0.05) is 0 Å². The fraction of sp³-hybridized carbons (Fsp3) is 0.538. The lowest BCUT2D eigenvalue weighted by Gasteiger charge is -2.27. The Morgan fingerprint density at radius 3 is 2.63 bits per heavy atom. The molecule has 5 nitrogen and oxygen atoms in total. The van der Waals surface area contributed by atoms with Gasteiger partial charge < -0.3 is 15.2 Å². The molecule has 2 rings (SSSR count). The van der Waals surface area contributed by atoms with Crippen LogP contribution in [0.25, 0.3) is 0 Å². The van der Waals surface area contributed by atoms with Gasteiger partial charge in [0.2, 0.25) is 0 Å².